The fourth-order valence-electron chi connectivity index (χ4n) is 1.80. The van der Waals surface area contributed by atoms with Gasteiger partial charge < -0.3 is 10.2 Å². The summed E-state index contributed by atoms with van der Waals surface area (Å²) in [5, 5.41) is 3.22. The second-order valence-electron chi connectivity index (χ2n) is 4.26. The Morgan fingerprint density at radius 2 is 2.31 bits per heavy atom. The smallest absolute Gasteiger partial charge is 0.239 e. The normalized spacial score (nSPS) is 22.3. The van der Waals surface area contributed by atoms with E-state index in [1.54, 1.807) is 0 Å². The molecule has 76 valence electrons. The molecular formula is C10H20N2O. The highest BCUT2D eigenvalue weighted by Crippen LogP contribution is 2.08. The molecule has 0 radical (unpaired) electrons. The molecule has 1 N–H and O–H groups in total. The summed E-state index contributed by atoms with van der Waals surface area (Å²) in [5.41, 5.74) is 0. The molecule has 1 saturated heterocycles. The predicted molar refractivity (Wildman–Crippen MR) is 53.5 cm³/mol. The average molecular weight is 184 g/mol. The lowest BCUT2D eigenvalue weighted by Gasteiger charge is -2.22. The van der Waals surface area contributed by atoms with Gasteiger partial charge in [0.25, 0.3) is 0 Å². The molecule has 1 rings (SSSR count). The van der Waals surface area contributed by atoms with Crippen LogP contribution in [0.15, 0.2) is 0 Å². The first kappa shape index (κ1) is 10.5. The first-order valence-corrected chi connectivity index (χ1v) is 5.09. The van der Waals surface area contributed by atoms with Crippen molar-refractivity contribution < 1.29 is 4.79 Å². The van der Waals surface area contributed by atoms with Gasteiger partial charge in [0.1, 0.15) is 0 Å². The Kier molecular flexibility index (Phi) is 3.72. The molecule has 0 spiro atoms. The van der Waals surface area contributed by atoms with Crippen LogP contribution >= 0.6 is 0 Å². The molecule has 13 heavy (non-hydrogen) atoms. The lowest BCUT2D eigenvalue weighted by molar-refractivity contribution is -0.132. The summed E-state index contributed by atoms with van der Waals surface area (Å²) >= 11 is 0. The molecule has 0 aliphatic carbocycles. The van der Waals surface area contributed by atoms with Crippen molar-refractivity contribution >= 4 is 5.91 Å². The number of likely N-dealkylation sites (N-methyl/N-ethyl adjacent to an activating group) is 1. The molecular weight excluding hydrogens is 164 g/mol. The standard InChI is InChI=1S/C10H20N2O/c1-8(2)7-12(3)10(13)9-5-4-6-11-9/h8-9,11H,4-7H2,1-3H3/t9-/m1/s1. The van der Waals surface area contributed by atoms with E-state index in [1.165, 1.54) is 0 Å². The number of nitrogens with zero attached hydrogens (tertiary/aromatic N) is 1. The minimum atomic E-state index is 0.0868. The zero-order valence-corrected chi connectivity index (χ0v) is 8.84. The van der Waals surface area contributed by atoms with Crippen molar-refractivity contribution in [1.29, 1.82) is 0 Å². The third kappa shape index (κ3) is 2.99. The zero-order chi connectivity index (χ0) is 9.84. The summed E-state index contributed by atoms with van der Waals surface area (Å²) in [6, 6.07) is 0.0868. The van der Waals surface area contributed by atoms with Crippen LogP contribution in [0.5, 0.6) is 0 Å². The van der Waals surface area contributed by atoms with Gasteiger partial charge in [-0.3, -0.25) is 4.79 Å². The van der Waals surface area contributed by atoms with Gasteiger partial charge in [-0.1, -0.05) is 13.8 Å². The molecule has 3 heteroatoms. The molecule has 0 aromatic carbocycles. The van der Waals surface area contributed by atoms with Crippen molar-refractivity contribution in [3.8, 4) is 0 Å². The first-order valence-electron chi connectivity index (χ1n) is 5.09. The van der Waals surface area contributed by atoms with Crippen LogP contribution in [0.4, 0.5) is 0 Å². The van der Waals surface area contributed by atoms with Crippen molar-refractivity contribution in [2.45, 2.75) is 32.7 Å². The van der Waals surface area contributed by atoms with Gasteiger partial charge >= 0.3 is 0 Å². The van der Waals surface area contributed by atoms with Gasteiger partial charge in [0.15, 0.2) is 0 Å². The van der Waals surface area contributed by atoms with Gasteiger partial charge in [0.2, 0.25) is 5.91 Å². The Bertz CT molecular complexity index is 174. The highest BCUT2D eigenvalue weighted by molar-refractivity contribution is 5.81. The van der Waals surface area contributed by atoms with Gasteiger partial charge in [0.05, 0.1) is 6.04 Å². The van der Waals surface area contributed by atoms with E-state index in [-0.39, 0.29) is 11.9 Å². The third-order valence-corrected chi connectivity index (χ3v) is 2.37. The lowest BCUT2D eigenvalue weighted by Crippen LogP contribution is -2.42. The van der Waals surface area contributed by atoms with E-state index in [0.29, 0.717) is 5.92 Å². The largest absolute Gasteiger partial charge is 0.344 e. The van der Waals surface area contributed by atoms with Gasteiger partial charge in [-0.05, 0) is 25.3 Å². The highest BCUT2D eigenvalue weighted by atomic mass is 16.2. The van der Waals surface area contributed by atoms with Crippen LogP contribution in [0.25, 0.3) is 0 Å². The van der Waals surface area contributed by atoms with Gasteiger partial charge in [-0.15, -0.1) is 0 Å². The van der Waals surface area contributed by atoms with E-state index in [1.807, 2.05) is 11.9 Å². The molecule has 3 nitrogen and oxygen atoms in total. The van der Waals surface area contributed by atoms with E-state index >= 15 is 0 Å². The number of hydrogen-bond donors (Lipinski definition) is 1. The summed E-state index contributed by atoms with van der Waals surface area (Å²) in [6.45, 7) is 6.11. The Hall–Kier alpha value is -0.570. The minimum absolute atomic E-state index is 0.0868. The van der Waals surface area contributed by atoms with Gasteiger partial charge in [-0.25, -0.2) is 0 Å². The summed E-state index contributed by atoms with van der Waals surface area (Å²) in [6.07, 6.45) is 2.13. The fourth-order valence-corrected chi connectivity index (χ4v) is 1.80. The molecule has 1 atom stereocenters. The first-order chi connectivity index (χ1) is 6.11. The zero-order valence-electron chi connectivity index (χ0n) is 8.84. The van der Waals surface area contributed by atoms with E-state index in [9.17, 15) is 4.79 Å². The molecule has 1 aliphatic heterocycles. The predicted octanol–water partition coefficient (Wildman–Crippen LogP) is 0.853. The maximum atomic E-state index is 11.7. The van der Waals surface area contributed by atoms with Crippen LogP contribution in [0.2, 0.25) is 0 Å². The number of hydrogen-bond acceptors (Lipinski definition) is 2. The van der Waals surface area contributed by atoms with Gasteiger partial charge in [0, 0.05) is 13.6 Å². The third-order valence-electron chi connectivity index (χ3n) is 2.37. The quantitative estimate of drug-likeness (QED) is 0.705. The summed E-state index contributed by atoms with van der Waals surface area (Å²) < 4.78 is 0. The van der Waals surface area contributed by atoms with Crippen LogP contribution in [0, 0.1) is 5.92 Å². The number of carbonyl (C=O) groups is 1. The monoisotopic (exact) mass is 184 g/mol. The molecule has 1 amide bonds. The molecule has 0 saturated carbocycles. The highest BCUT2D eigenvalue weighted by Gasteiger charge is 2.24. The maximum absolute atomic E-state index is 11.7. The van der Waals surface area contributed by atoms with Crippen molar-refractivity contribution in [3.05, 3.63) is 0 Å². The molecule has 1 aliphatic rings. The number of nitrogens with one attached hydrogen (secondary N) is 1. The summed E-state index contributed by atoms with van der Waals surface area (Å²) in [7, 11) is 1.89. The van der Waals surface area contributed by atoms with E-state index < -0.39 is 0 Å². The summed E-state index contributed by atoms with van der Waals surface area (Å²) in [4.78, 5) is 13.6. The summed E-state index contributed by atoms with van der Waals surface area (Å²) in [5.74, 6) is 0.807. The molecule has 0 aromatic rings. The number of amides is 1. The van der Waals surface area contributed by atoms with Crippen molar-refractivity contribution in [2.24, 2.45) is 5.92 Å². The Morgan fingerprint density at radius 3 is 2.77 bits per heavy atom. The fraction of sp³-hybridized carbons (Fsp3) is 0.900. The van der Waals surface area contributed by atoms with Crippen LogP contribution in [-0.2, 0) is 4.79 Å². The number of rotatable bonds is 3. The van der Waals surface area contributed by atoms with Crippen molar-refractivity contribution in [1.82, 2.24) is 10.2 Å². The van der Waals surface area contributed by atoms with Crippen molar-refractivity contribution in [3.63, 3.8) is 0 Å². The average Bonchev–Trinajstić information content (AvgIpc) is 2.53. The molecule has 0 unspecified atom stereocenters. The SMILES string of the molecule is CC(C)CN(C)C(=O)[C@H]1CCCN1. The maximum Gasteiger partial charge on any atom is 0.239 e. The molecule has 0 aromatic heterocycles. The van der Waals surface area contributed by atoms with Crippen LogP contribution in [0.1, 0.15) is 26.7 Å². The molecule has 1 heterocycles. The topological polar surface area (TPSA) is 32.3 Å². The second kappa shape index (κ2) is 4.61. The van der Waals surface area contributed by atoms with Crippen molar-refractivity contribution in [2.75, 3.05) is 20.1 Å². The van der Waals surface area contributed by atoms with E-state index in [2.05, 4.69) is 19.2 Å². The molecule has 0 bridgehead atoms. The van der Waals surface area contributed by atoms with Gasteiger partial charge in [-0.2, -0.15) is 0 Å². The van der Waals surface area contributed by atoms with Crippen LogP contribution in [0.3, 0.4) is 0 Å². The van der Waals surface area contributed by atoms with Crippen LogP contribution < -0.4 is 5.32 Å². The lowest BCUT2D eigenvalue weighted by atomic mass is 10.1. The Labute approximate surface area is 80.5 Å². The Balaban J connectivity index is 2.36. The van der Waals surface area contributed by atoms with E-state index in [4.69, 9.17) is 0 Å². The second-order valence-corrected chi connectivity index (χ2v) is 4.26. The minimum Gasteiger partial charge on any atom is -0.344 e. The Morgan fingerprint density at radius 1 is 1.62 bits per heavy atom. The molecule has 1 fully saturated rings. The number of carbonyl (C=O) groups excluding carboxylic acids is 1. The van der Waals surface area contributed by atoms with E-state index in [0.717, 1.165) is 25.9 Å². The van der Waals surface area contributed by atoms with Crippen LogP contribution in [-0.4, -0.2) is 37.0 Å².